The Kier molecular flexibility index (Phi) is 5.66. The zero-order chi connectivity index (χ0) is 19.3. The molecule has 156 valence electrons. The SMILES string of the molecule is CC(C)C1C2CC(C(COCC3CO3)OCC3CO3)C(C2C)C1C(C)(C)C. The van der Waals surface area contributed by atoms with E-state index < -0.39 is 0 Å². The average Bonchev–Trinajstić information content (AvgIpc) is 3.50. The van der Waals surface area contributed by atoms with E-state index in [9.17, 15) is 0 Å². The Bertz CT molecular complexity index is 505. The number of fused-ring (bicyclic) bond motifs is 2. The van der Waals surface area contributed by atoms with E-state index in [4.69, 9.17) is 18.9 Å². The van der Waals surface area contributed by atoms with Crippen molar-refractivity contribution in [1.29, 1.82) is 0 Å². The summed E-state index contributed by atoms with van der Waals surface area (Å²) in [6, 6.07) is 0. The molecule has 2 bridgehead atoms. The van der Waals surface area contributed by atoms with Gasteiger partial charge in [-0.15, -0.1) is 0 Å². The average molecular weight is 381 g/mol. The summed E-state index contributed by atoms with van der Waals surface area (Å²) >= 11 is 0. The van der Waals surface area contributed by atoms with Crippen LogP contribution in [0.15, 0.2) is 0 Å². The standard InChI is InChI=1S/C23H40O4/c1-13(2)20-17-7-18(21(14(17)3)22(20)23(4,5)6)19(27-11-16-10-26-16)12-24-8-15-9-25-15/h13-22H,7-12H2,1-6H3. The maximum Gasteiger partial charge on any atom is 0.104 e. The monoisotopic (exact) mass is 380 g/mol. The predicted molar refractivity (Wildman–Crippen MR) is 106 cm³/mol. The minimum Gasteiger partial charge on any atom is -0.376 e. The highest BCUT2D eigenvalue weighted by Gasteiger charge is 2.61. The normalized spacial score (nSPS) is 44.1. The van der Waals surface area contributed by atoms with Gasteiger partial charge in [-0.3, -0.25) is 0 Å². The largest absolute Gasteiger partial charge is 0.376 e. The van der Waals surface area contributed by atoms with Crippen LogP contribution in [-0.2, 0) is 18.9 Å². The van der Waals surface area contributed by atoms with Gasteiger partial charge < -0.3 is 18.9 Å². The number of rotatable bonds is 9. The number of hydrogen-bond acceptors (Lipinski definition) is 4. The van der Waals surface area contributed by atoms with Gasteiger partial charge in [0.05, 0.1) is 39.1 Å². The molecule has 0 aromatic rings. The highest BCUT2D eigenvalue weighted by atomic mass is 16.6. The molecule has 4 heteroatoms. The first kappa shape index (κ1) is 20.1. The van der Waals surface area contributed by atoms with E-state index >= 15 is 0 Å². The molecule has 2 saturated carbocycles. The van der Waals surface area contributed by atoms with Crippen molar-refractivity contribution in [1.82, 2.24) is 0 Å². The van der Waals surface area contributed by atoms with E-state index in [1.807, 2.05) is 0 Å². The maximum atomic E-state index is 6.42. The van der Waals surface area contributed by atoms with Crippen molar-refractivity contribution in [3.05, 3.63) is 0 Å². The Labute approximate surface area is 165 Å². The fourth-order valence-corrected chi connectivity index (χ4v) is 6.62. The van der Waals surface area contributed by atoms with Crippen molar-refractivity contribution in [2.75, 3.05) is 33.0 Å². The van der Waals surface area contributed by atoms with Gasteiger partial charge in [0.2, 0.25) is 0 Å². The highest BCUT2D eigenvalue weighted by molar-refractivity contribution is 5.09. The van der Waals surface area contributed by atoms with Crippen molar-refractivity contribution in [3.8, 4) is 0 Å². The lowest BCUT2D eigenvalue weighted by Gasteiger charge is -2.46. The summed E-state index contributed by atoms with van der Waals surface area (Å²) in [5.41, 5.74) is 0.341. The van der Waals surface area contributed by atoms with Crippen LogP contribution in [0.25, 0.3) is 0 Å². The van der Waals surface area contributed by atoms with Gasteiger partial charge in [-0.25, -0.2) is 0 Å². The summed E-state index contributed by atoms with van der Waals surface area (Å²) in [5.74, 6) is 5.35. The predicted octanol–water partition coefficient (Wildman–Crippen LogP) is 4.02. The molecule has 0 aromatic heterocycles. The molecular formula is C23H40O4. The fraction of sp³-hybridized carbons (Fsp3) is 1.00. The van der Waals surface area contributed by atoms with Crippen LogP contribution >= 0.6 is 0 Å². The molecule has 9 unspecified atom stereocenters. The molecule has 2 heterocycles. The van der Waals surface area contributed by atoms with E-state index in [2.05, 4.69) is 41.5 Å². The molecule has 2 aliphatic carbocycles. The number of ether oxygens (including phenoxy) is 4. The van der Waals surface area contributed by atoms with Crippen molar-refractivity contribution >= 4 is 0 Å². The lowest BCUT2D eigenvalue weighted by Crippen LogP contribution is -2.44. The molecule has 0 amide bonds. The van der Waals surface area contributed by atoms with E-state index in [1.165, 1.54) is 6.42 Å². The number of epoxide rings is 2. The van der Waals surface area contributed by atoms with Gasteiger partial charge in [0.15, 0.2) is 0 Å². The molecule has 0 N–H and O–H groups in total. The molecule has 0 spiro atoms. The van der Waals surface area contributed by atoms with Gasteiger partial charge in [-0.1, -0.05) is 41.5 Å². The Morgan fingerprint density at radius 2 is 1.67 bits per heavy atom. The molecular weight excluding hydrogens is 340 g/mol. The van der Waals surface area contributed by atoms with Gasteiger partial charge >= 0.3 is 0 Å². The molecule has 4 rings (SSSR count). The summed E-state index contributed by atoms with van der Waals surface area (Å²) in [7, 11) is 0. The molecule has 2 aliphatic heterocycles. The van der Waals surface area contributed by atoms with Crippen molar-refractivity contribution < 1.29 is 18.9 Å². The van der Waals surface area contributed by atoms with E-state index in [0.717, 1.165) is 55.3 Å². The van der Waals surface area contributed by atoms with E-state index in [-0.39, 0.29) is 6.10 Å². The van der Waals surface area contributed by atoms with Crippen LogP contribution in [0.2, 0.25) is 0 Å². The van der Waals surface area contributed by atoms with Gasteiger partial charge in [-0.05, 0) is 53.3 Å². The second-order valence-corrected chi connectivity index (χ2v) is 11.0. The van der Waals surface area contributed by atoms with Crippen LogP contribution in [0.5, 0.6) is 0 Å². The lowest BCUT2D eigenvalue weighted by atomic mass is 9.60. The van der Waals surface area contributed by atoms with Crippen molar-refractivity contribution in [2.24, 2.45) is 46.8 Å². The Balaban J connectivity index is 1.48. The Morgan fingerprint density at radius 3 is 2.22 bits per heavy atom. The van der Waals surface area contributed by atoms with Crippen molar-refractivity contribution in [3.63, 3.8) is 0 Å². The second-order valence-electron chi connectivity index (χ2n) is 11.0. The molecule has 4 aliphatic rings. The van der Waals surface area contributed by atoms with Crippen LogP contribution < -0.4 is 0 Å². The summed E-state index contributed by atoms with van der Waals surface area (Å²) in [6.07, 6.45) is 2.14. The molecule has 2 saturated heterocycles. The quantitative estimate of drug-likeness (QED) is 0.567. The zero-order valence-corrected chi connectivity index (χ0v) is 18.1. The molecule has 27 heavy (non-hydrogen) atoms. The molecule has 4 nitrogen and oxygen atoms in total. The van der Waals surface area contributed by atoms with Crippen LogP contribution in [0.4, 0.5) is 0 Å². The van der Waals surface area contributed by atoms with Gasteiger partial charge in [-0.2, -0.15) is 0 Å². The molecule has 0 radical (unpaired) electrons. The topological polar surface area (TPSA) is 43.5 Å². The smallest absolute Gasteiger partial charge is 0.104 e. The van der Waals surface area contributed by atoms with Gasteiger partial charge in [0.25, 0.3) is 0 Å². The summed E-state index contributed by atoms with van der Waals surface area (Å²) in [4.78, 5) is 0. The third-order valence-electron chi connectivity index (χ3n) is 7.78. The third-order valence-corrected chi connectivity index (χ3v) is 7.78. The maximum absolute atomic E-state index is 6.42. The first-order valence-corrected chi connectivity index (χ1v) is 11.2. The first-order chi connectivity index (χ1) is 12.8. The molecule has 4 fully saturated rings. The van der Waals surface area contributed by atoms with E-state index in [1.54, 1.807) is 0 Å². The zero-order valence-electron chi connectivity index (χ0n) is 18.1. The Morgan fingerprint density at radius 1 is 1.04 bits per heavy atom. The van der Waals surface area contributed by atoms with Crippen molar-refractivity contribution in [2.45, 2.75) is 66.3 Å². The second kappa shape index (κ2) is 7.59. The third kappa shape index (κ3) is 4.24. The number of hydrogen-bond donors (Lipinski definition) is 0. The summed E-state index contributed by atoms with van der Waals surface area (Å²) in [6.45, 7) is 18.6. The highest BCUT2D eigenvalue weighted by Crippen LogP contribution is 2.65. The van der Waals surface area contributed by atoms with Gasteiger partial charge in [0, 0.05) is 0 Å². The van der Waals surface area contributed by atoms with Crippen LogP contribution in [0.1, 0.15) is 48.0 Å². The van der Waals surface area contributed by atoms with Crippen LogP contribution in [-0.4, -0.2) is 51.3 Å². The minimum absolute atomic E-state index is 0.198. The minimum atomic E-state index is 0.198. The lowest BCUT2D eigenvalue weighted by molar-refractivity contribution is -0.0880. The fourth-order valence-electron chi connectivity index (χ4n) is 6.62. The van der Waals surface area contributed by atoms with Crippen LogP contribution in [0, 0.1) is 46.8 Å². The van der Waals surface area contributed by atoms with Crippen LogP contribution in [0.3, 0.4) is 0 Å². The van der Waals surface area contributed by atoms with Gasteiger partial charge in [0.1, 0.15) is 12.2 Å². The molecule has 9 atom stereocenters. The molecule has 0 aromatic carbocycles. The first-order valence-electron chi connectivity index (χ1n) is 11.2. The Hall–Kier alpha value is -0.160. The van der Waals surface area contributed by atoms with E-state index in [0.29, 0.717) is 36.8 Å². The summed E-state index contributed by atoms with van der Waals surface area (Å²) < 4.78 is 23.2. The summed E-state index contributed by atoms with van der Waals surface area (Å²) in [5, 5.41) is 0.